The summed E-state index contributed by atoms with van der Waals surface area (Å²) < 4.78 is 50.3. The second kappa shape index (κ2) is 18.4. The number of hydrogen-bond donors (Lipinski definition) is 0. The lowest BCUT2D eigenvalue weighted by Gasteiger charge is -2.08. The highest BCUT2D eigenvalue weighted by Crippen LogP contribution is 2.17. The number of carbonyl (C=O) groups excluding carboxylic acids is 2. The van der Waals surface area contributed by atoms with Crippen LogP contribution in [0.25, 0.3) is 0 Å². The summed E-state index contributed by atoms with van der Waals surface area (Å²) in [5, 5.41) is 0. The van der Waals surface area contributed by atoms with Crippen molar-refractivity contribution in [2.24, 2.45) is 0 Å². The van der Waals surface area contributed by atoms with Crippen LogP contribution >= 0.6 is 0 Å². The van der Waals surface area contributed by atoms with Gasteiger partial charge in [-0.05, 0) is 31.4 Å². The van der Waals surface area contributed by atoms with Gasteiger partial charge in [0.05, 0.1) is 12.2 Å². The van der Waals surface area contributed by atoms with E-state index in [0.717, 1.165) is 51.0 Å². The molecule has 7 heteroatoms. The molecular formula is C26H39F3O4. The molecule has 4 nitrogen and oxygen atoms in total. The Labute approximate surface area is 196 Å². The molecule has 0 aliphatic rings. The fourth-order valence-electron chi connectivity index (χ4n) is 3.49. The summed E-state index contributed by atoms with van der Waals surface area (Å²) in [7, 11) is 0. The van der Waals surface area contributed by atoms with Crippen molar-refractivity contribution in [3.05, 3.63) is 35.1 Å². The van der Waals surface area contributed by atoms with Crippen molar-refractivity contribution in [3.63, 3.8) is 0 Å². The van der Waals surface area contributed by atoms with E-state index in [1.54, 1.807) is 0 Å². The minimum atomic E-state index is -1.33. The normalized spacial score (nSPS) is 10.9. The molecule has 0 radical (unpaired) electrons. The molecule has 0 aliphatic carbocycles. The maximum Gasteiger partial charge on any atom is 0.306 e. The Kier molecular flexibility index (Phi) is 16.1. The molecule has 33 heavy (non-hydrogen) atoms. The van der Waals surface area contributed by atoms with Gasteiger partial charge < -0.3 is 9.47 Å². The molecule has 1 aromatic carbocycles. The summed E-state index contributed by atoms with van der Waals surface area (Å²) in [4.78, 5) is 23.4. The summed E-state index contributed by atoms with van der Waals surface area (Å²) in [6.45, 7) is 2.10. The van der Waals surface area contributed by atoms with Crippen LogP contribution in [-0.2, 0) is 25.7 Å². The molecule has 0 atom stereocenters. The lowest BCUT2D eigenvalue weighted by Crippen LogP contribution is -2.08. The lowest BCUT2D eigenvalue weighted by atomic mass is 10.1. The van der Waals surface area contributed by atoms with Gasteiger partial charge in [0, 0.05) is 12.8 Å². The smallest absolute Gasteiger partial charge is 0.306 e. The van der Waals surface area contributed by atoms with E-state index < -0.39 is 35.6 Å². The third-order valence-electron chi connectivity index (χ3n) is 5.54. The average Bonchev–Trinajstić information content (AvgIpc) is 2.80. The van der Waals surface area contributed by atoms with Crippen LogP contribution in [0.4, 0.5) is 13.2 Å². The molecule has 0 bridgehead atoms. The Morgan fingerprint density at radius 1 is 0.667 bits per heavy atom. The van der Waals surface area contributed by atoms with Crippen LogP contribution in [0.1, 0.15) is 109 Å². The predicted molar refractivity (Wildman–Crippen MR) is 122 cm³/mol. The molecule has 0 N–H and O–H groups in total. The van der Waals surface area contributed by atoms with Crippen LogP contribution in [0.15, 0.2) is 12.1 Å². The monoisotopic (exact) mass is 472 g/mol. The van der Waals surface area contributed by atoms with Crippen molar-refractivity contribution in [2.75, 3.05) is 6.61 Å². The zero-order chi connectivity index (χ0) is 24.3. The van der Waals surface area contributed by atoms with Gasteiger partial charge in [0.25, 0.3) is 0 Å². The van der Waals surface area contributed by atoms with Gasteiger partial charge in [0.2, 0.25) is 0 Å². The van der Waals surface area contributed by atoms with Gasteiger partial charge in [-0.2, -0.15) is 0 Å². The van der Waals surface area contributed by atoms with Crippen LogP contribution in [0.3, 0.4) is 0 Å². The number of halogens is 3. The first-order valence-corrected chi connectivity index (χ1v) is 12.4. The highest BCUT2D eigenvalue weighted by atomic mass is 19.2. The molecule has 0 saturated heterocycles. The van der Waals surface area contributed by atoms with Crippen molar-refractivity contribution in [3.8, 4) is 0 Å². The summed E-state index contributed by atoms with van der Waals surface area (Å²) in [6.07, 6.45) is 14.0. The molecule has 0 aliphatic heterocycles. The molecular weight excluding hydrogens is 433 g/mol. The Balaban J connectivity index is 1.94. The Bertz CT molecular complexity index is 694. The lowest BCUT2D eigenvalue weighted by molar-refractivity contribution is -0.145. The van der Waals surface area contributed by atoms with Gasteiger partial charge in [-0.25, -0.2) is 13.2 Å². The van der Waals surface area contributed by atoms with Crippen LogP contribution in [0, 0.1) is 17.5 Å². The number of benzene rings is 1. The van der Waals surface area contributed by atoms with Gasteiger partial charge in [-0.3, -0.25) is 9.59 Å². The van der Waals surface area contributed by atoms with E-state index in [2.05, 4.69) is 6.92 Å². The summed E-state index contributed by atoms with van der Waals surface area (Å²) in [5.41, 5.74) is -0.579. The molecule has 0 heterocycles. The summed E-state index contributed by atoms with van der Waals surface area (Å²) >= 11 is 0. The SMILES string of the molecule is CCCCCCCCCOC(=O)CCCCCCCCC(=O)OCc1c(F)ccc(F)c1F. The number of esters is 2. The number of unbranched alkanes of at least 4 members (excludes halogenated alkanes) is 11. The highest BCUT2D eigenvalue weighted by Gasteiger charge is 2.15. The fourth-order valence-corrected chi connectivity index (χ4v) is 3.49. The highest BCUT2D eigenvalue weighted by molar-refractivity contribution is 5.69. The first-order chi connectivity index (χ1) is 16.0. The summed E-state index contributed by atoms with van der Waals surface area (Å²) in [5.74, 6) is -4.14. The maximum absolute atomic E-state index is 13.5. The van der Waals surface area contributed by atoms with E-state index in [1.165, 1.54) is 32.1 Å². The molecule has 0 spiro atoms. The van der Waals surface area contributed by atoms with Crippen molar-refractivity contribution < 1.29 is 32.2 Å². The first kappa shape index (κ1) is 29.0. The van der Waals surface area contributed by atoms with E-state index in [4.69, 9.17) is 9.47 Å². The molecule has 0 amide bonds. The van der Waals surface area contributed by atoms with Crippen molar-refractivity contribution in [1.29, 1.82) is 0 Å². The molecule has 0 fully saturated rings. The standard InChI is InChI=1S/C26H39F3O4/c1-2-3-4-5-8-11-14-19-32-24(30)15-12-9-6-7-10-13-16-25(31)33-20-21-22(27)17-18-23(28)26(21)29/h17-18H,2-16,19-20H2,1H3. The van der Waals surface area contributed by atoms with E-state index in [0.29, 0.717) is 25.5 Å². The van der Waals surface area contributed by atoms with E-state index >= 15 is 0 Å². The second-order valence-electron chi connectivity index (χ2n) is 8.45. The minimum Gasteiger partial charge on any atom is -0.466 e. The van der Waals surface area contributed by atoms with Crippen molar-refractivity contribution >= 4 is 11.9 Å². The third kappa shape index (κ3) is 14.0. The number of rotatable bonds is 19. The third-order valence-corrected chi connectivity index (χ3v) is 5.54. The Morgan fingerprint density at radius 2 is 1.15 bits per heavy atom. The van der Waals surface area contributed by atoms with Crippen LogP contribution in [0.2, 0.25) is 0 Å². The fraction of sp³-hybridized carbons (Fsp3) is 0.692. The van der Waals surface area contributed by atoms with Gasteiger partial charge in [-0.15, -0.1) is 0 Å². The van der Waals surface area contributed by atoms with Crippen LogP contribution in [0.5, 0.6) is 0 Å². The van der Waals surface area contributed by atoms with Crippen LogP contribution < -0.4 is 0 Å². The zero-order valence-electron chi connectivity index (χ0n) is 19.9. The summed E-state index contributed by atoms with van der Waals surface area (Å²) in [6, 6.07) is 1.49. The van der Waals surface area contributed by atoms with Gasteiger partial charge in [0.1, 0.15) is 12.4 Å². The van der Waals surface area contributed by atoms with Gasteiger partial charge in [-0.1, -0.05) is 71.1 Å². The van der Waals surface area contributed by atoms with Crippen molar-refractivity contribution in [1.82, 2.24) is 0 Å². The largest absolute Gasteiger partial charge is 0.466 e. The van der Waals surface area contributed by atoms with Crippen LogP contribution in [-0.4, -0.2) is 18.5 Å². The molecule has 188 valence electrons. The Hall–Kier alpha value is -2.05. The predicted octanol–water partition coefficient (Wildman–Crippen LogP) is 7.56. The minimum absolute atomic E-state index is 0.130. The topological polar surface area (TPSA) is 52.6 Å². The second-order valence-corrected chi connectivity index (χ2v) is 8.45. The quantitative estimate of drug-likeness (QED) is 0.118. The van der Waals surface area contributed by atoms with E-state index in [9.17, 15) is 22.8 Å². The van der Waals surface area contributed by atoms with Crippen molar-refractivity contribution in [2.45, 2.75) is 110 Å². The molecule has 0 unspecified atom stereocenters. The van der Waals surface area contributed by atoms with E-state index in [-0.39, 0.29) is 12.4 Å². The number of ether oxygens (including phenoxy) is 2. The molecule has 0 saturated carbocycles. The molecule has 1 rings (SSSR count). The average molecular weight is 473 g/mol. The zero-order valence-corrected chi connectivity index (χ0v) is 19.9. The number of hydrogen-bond acceptors (Lipinski definition) is 4. The Morgan fingerprint density at radius 3 is 1.76 bits per heavy atom. The molecule has 0 aromatic heterocycles. The first-order valence-electron chi connectivity index (χ1n) is 12.4. The van der Waals surface area contributed by atoms with Gasteiger partial charge in [0.15, 0.2) is 11.6 Å². The molecule has 1 aromatic rings. The van der Waals surface area contributed by atoms with E-state index in [1.807, 2.05) is 0 Å². The number of carbonyl (C=O) groups is 2. The van der Waals surface area contributed by atoms with Gasteiger partial charge >= 0.3 is 11.9 Å². The maximum atomic E-state index is 13.5.